The summed E-state index contributed by atoms with van der Waals surface area (Å²) < 4.78 is 4.85. The van der Waals surface area contributed by atoms with Gasteiger partial charge >= 0.3 is 6.09 Å². The van der Waals surface area contributed by atoms with Crippen LogP contribution in [0.5, 0.6) is 0 Å². The molecular weight excluding hydrogens is 228 g/mol. The molecule has 2 N–H and O–H groups in total. The summed E-state index contributed by atoms with van der Waals surface area (Å²) in [5, 5.41) is 3.92. The van der Waals surface area contributed by atoms with E-state index in [4.69, 9.17) is 4.74 Å². The molecule has 1 aromatic heterocycles. The standard InChI is InChI=1S/C11H10N2O2.ClH/c14-11-13-10(6-15-11)8-2-1-7-3-4-12-9(7)5-8;/h1-5,10,12H,6H2,(H,13,14);1H/t10-;/m1./s1. The molecular formula is C11H11ClN2O2. The first kappa shape index (κ1) is 10.8. The van der Waals surface area contributed by atoms with Crippen LogP contribution in [-0.4, -0.2) is 17.7 Å². The Kier molecular flexibility index (Phi) is 2.75. The Balaban J connectivity index is 0.000000963. The van der Waals surface area contributed by atoms with Crippen molar-refractivity contribution in [3.63, 3.8) is 0 Å². The summed E-state index contributed by atoms with van der Waals surface area (Å²) in [7, 11) is 0. The first-order valence-corrected chi connectivity index (χ1v) is 4.83. The van der Waals surface area contributed by atoms with E-state index in [2.05, 4.69) is 10.3 Å². The number of carbonyl (C=O) groups is 1. The van der Waals surface area contributed by atoms with Crippen LogP contribution in [0.15, 0.2) is 30.5 Å². The third-order valence-electron chi connectivity index (χ3n) is 2.65. The van der Waals surface area contributed by atoms with Crippen molar-refractivity contribution in [2.24, 2.45) is 0 Å². The number of ether oxygens (including phenoxy) is 1. The number of rotatable bonds is 1. The van der Waals surface area contributed by atoms with Crippen LogP contribution in [0.4, 0.5) is 4.79 Å². The lowest BCUT2D eigenvalue weighted by atomic mass is 10.1. The Morgan fingerprint density at radius 1 is 1.31 bits per heavy atom. The zero-order chi connectivity index (χ0) is 10.3. The predicted octanol–water partition coefficient (Wildman–Crippen LogP) is 2.37. The zero-order valence-electron chi connectivity index (χ0n) is 8.40. The average Bonchev–Trinajstić information content (AvgIpc) is 2.84. The lowest BCUT2D eigenvalue weighted by Gasteiger charge is -2.07. The summed E-state index contributed by atoms with van der Waals surface area (Å²) in [4.78, 5) is 14.0. The maximum Gasteiger partial charge on any atom is 0.407 e. The van der Waals surface area contributed by atoms with E-state index < -0.39 is 0 Å². The summed E-state index contributed by atoms with van der Waals surface area (Å²) in [6.07, 6.45) is 1.56. The first-order chi connectivity index (χ1) is 7.33. The normalized spacial score (nSPS) is 19.0. The highest BCUT2D eigenvalue weighted by molar-refractivity contribution is 5.85. The van der Waals surface area contributed by atoms with E-state index in [0.717, 1.165) is 11.1 Å². The molecule has 0 saturated carbocycles. The number of aromatic nitrogens is 1. The van der Waals surface area contributed by atoms with Crippen LogP contribution in [-0.2, 0) is 4.74 Å². The summed E-state index contributed by atoms with van der Waals surface area (Å²) in [6, 6.07) is 8.07. The van der Waals surface area contributed by atoms with Crippen LogP contribution in [0.1, 0.15) is 11.6 Å². The number of hydrogen-bond donors (Lipinski definition) is 2. The van der Waals surface area contributed by atoms with Crippen LogP contribution in [0.25, 0.3) is 10.9 Å². The van der Waals surface area contributed by atoms with Crippen LogP contribution in [0.3, 0.4) is 0 Å². The molecule has 0 bridgehead atoms. The Morgan fingerprint density at radius 2 is 2.19 bits per heavy atom. The van der Waals surface area contributed by atoms with Crippen molar-refractivity contribution >= 4 is 29.4 Å². The van der Waals surface area contributed by atoms with Crippen LogP contribution in [0, 0.1) is 0 Å². The van der Waals surface area contributed by atoms with E-state index >= 15 is 0 Å². The third kappa shape index (κ3) is 1.72. The smallest absolute Gasteiger partial charge is 0.407 e. The van der Waals surface area contributed by atoms with Crippen molar-refractivity contribution in [1.29, 1.82) is 0 Å². The van der Waals surface area contributed by atoms with Gasteiger partial charge in [-0.3, -0.25) is 0 Å². The van der Waals surface area contributed by atoms with E-state index in [9.17, 15) is 4.79 Å². The van der Waals surface area contributed by atoms with Crippen LogP contribution < -0.4 is 5.32 Å². The quantitative estimate of drug-likeness (QED) is 0.802. The molecule has 0 radical (unpaired) electrons. The van der Waals surface area contributed by atoms with Crippen molar-refractivity contribution < 1.29 is 9.53 Å². The summed E-state index contributed by atoms with van der Waals surface area (Å²) >= 11 is 0. The predicted molar refractivity (Wildman–Crippen MR) is 62.8 cm³/mol. The van der Waals surface area contributed by atoms with E-state index in [1.165, 1.54) is 5.39 Å². The fraction of sp³-hybridized carbons (Fsp3) is 0.182. The van der Waals surface area contributed by atoms with E-state index in [-0.39, 0.29) is 24.5 Å². The largest absolute Gasteiger partial charge is 0.447 e. The number of alkyl carbamates (subject to hydrolysis) is 1. The molecule has 0 spiro atoms. The second-order valence-electron chi connectivity index (χ2n) is 3.62. The fourth-order valence-electron chi connectivity index (χ4n) is 1.85. The van der Waals surface area contributed by atoms with Crippen molar-refractivity contribution in [3.05, 3.63) is 36.0 Å². The number of nitrogens with one attached hydrogen (secondary N) is 2. The minimum atomic E-state index is -0.341. The van der Waals surface area contributed by atoms with Crippen molar-refractivity contribution in [3.8, 4) is 0 Å². The highest BCUT2D eigenvalue weighted by Crippen LogP contribution is 2.22. The molecule has 1 fully saturated rings. The van der Waals surface area contributed by atoms with Gasteiger partial charge in [0, 0.05) is 11.7 Å². The van der Waals surface area contributed by atoms with E-state index in [1.807, 2.05) is 30.5 Å². The zero-order valence-corrected chi connectivity index (χ0v) is 9.21. The molecule has 5 heteroatoms. The Morgan fingerprint density at radius 3 is 2.94 bits per heavy atom. The van der Waals surface area contributed by atoms with Crippen molar-refractivity contribution in [1.82, 2.24) is 10.3 Å². The second-order valence-corrected chi connectivity index (χ2v) is 3.62. The number of hydrogen-bond acceptors (Lipinski definition) is 2. The van der Waals surface area contributed by atoms with Gasteiger partial charge < -0.3 is 15.0 Å². The highest BCUT2D eigenvalue weighted by Gasteiger charge is 2.23. The summed E-state index contributed by atoms with van der Waals surface area (Å²) in [6.45, 7) is 0.408. The average molecular weight is 239 g/mol. The number of carbonyl (C=O) groups excluding carboxylic acids is 1. The molecule has 2 aromatic rings. The van der Waals surface area contributed by atoms with Gasteiger partial charge in [-0.15, -0.1) is 12.4 Å². The SMILES string of the molecule is Cl.O=C1N[C@@H](c2ccc3cc[nH]c3c2)CO1. The van der Waals surface area contributed by atoms with Gasteiger partial charge in [-0.25, -0.2) is 4.79 Å². The molecule has 84 valence electrons. The van der Waals surface area contributed by atoms with Gasteiger partial charge in [0.1, 0.15) is 6.61 Å². The number of aromatic amines is 1. The van der Waals surface area contributed by atoms with E-state index in [1.54, 1.807) is 0 Å². The first-order valence-electron chi connectivity index (χ1n) is 4.83. The monoisotopic (exact) mass is 238 g/mol. The number of H-pyrrole nitrogens is 1. The molecule has 1 amide bonds. The van der Waals surface area contributed by atoms with Gasteiger partial charge in [0.15, 0.2) is 0 Å². The van der Waals surface area contributed by atoms with Gasteiger partial charge in [0.05, 0.1) is 6.04 Å². The van der Waals surface area contributed by atoms with Gasteiger partial charge in [-0.05, 0) is 23.1 Å². The molecule has 1 saturated heterocycles. The van der Waals surface area contributed by atoms with Crippen molar-refractivity contribution in [2.45, 2.75) is 6.04 Å². The number of benzene rings is 1. The molecule has 0 aliphatic carbocycles. The van der Waals surface area contributed by atoms with Gasteiger partial charge in [0.2, 0.25) is 0 Å². The third-order valence-corrected chi connectivity index (χ3v) is 2.65. The molecule has 1 atom stereocenters. The molecule has 3 rings (SSSR count). The van der Waals surface area contributed by atoms with Crippen molar-refractivity contribution in [2.75, 3.05) is 6.61 Å². The molecule has 4 nitrogen and oxygen atoms in total. The van der Waals surface area contributed by atoms with E-state index in [0.29, 0.717) is 6.61 Å². The minimum Gasteiger partial charge on any atom is -0.447 e. The lowest BCUT2D eigenvalue weighted by Crippen LogP contribution is -2.18. The molecule has 1 aromatic carbocycles. The summed E-state index contributed by atoms with van der Waals surface area (Å²) in [5.41, 5.74) is 2.14. The maximum atomic E-state index is 10.9. The molecule has 1 aliphatic heterocycles. The Hall–Kier alpha value is -1.68. The molecule has 0 unspecified atom stereocenters. The minimum absolute atomic E-state index is 0. The lowest BCUT2D eigenvalue weighted by molar-refractivity contribution is 0.177. The van der Waals surface area contributed by atoms with Crippen LogP contribution >= 0.6 is 12.4 Å². The molecule has 1 aliphatic rings. The Labute approximate surface area is 98.4 Å². The number of fused-ring (bicyclic) bond motifs is 1. The van der Waals surface area contributed by atoms with Gasteiger partial charge in [0.25, 0.3) is 0 Å². The maximum absolute atomic E-state index is 10.9. The van der Waals surface area contributed by atoms with Crippen LogP contribution in [0.2, 0.25) is 0 Å². The second kappa shape index (κ2) is 4.06. The highest BCUT2D eigenvalue weighted by atomic mass is 35.5. The molecule has 16 heavy (non-hydrogen) atoms. The number of amides is 1. The Bertz CT molecular complexity index is 523. The number of cyclic esters (lactones) is 1. The van der Waals surface area contributed by atoms with Gasteiger partial charge in [-0.1, -0.05) is 12.1 Å². The summed E-state index contributed by atoms with van der Waals surface area (Å²) in [5.74, 6) is 0. The van der Waals surface area contributed by atoms with Gasteiger partial charge in [-0.2, -0.15) is 0 Å². The molecule has 2 heterocycles. The fourth-order valence-corrected chi connectivity index (χ4v) is 1.85. The number of halogens is 1. The topological polar surface area (TPSA) is 54.1 Å².